The maximum atomic E-state index is 12.7. The minimum Gasteiger partial charge on any atom is -0.376 e. The number of aromatic nitrogens is 2. The molecule has 0 amide bonds. The van der Waals surface area contributed by atoms with Crippen molar-refractivity contribution in [1.29, 1.82) is 0 Å². The number of hydrogen-bond acceptors (Lipinski definition) is 4. The van der Waals surface area contributed by atoms with Crippen LogP contribution in [-0.4, -0.2) is 28.0 Å². The van der Waals surface area contributed by atoms with Gasteiger partial charge in [-0.3, -0.25) is 9.36 Å². The third-order valence-electron chi connectivity index (χ3n) is 3.57. The van der Waals surface area contributed by atoms with E-state index in [1.165, 1.54) is 0 Å². The van der Waals surface area contributed by atoms with Crippen LogP contribution >= 0.6 is 23.4 Å². The first-order chi connectivity index (χ1) is 10.2. The highest BCUT2D eigenvalue weighted by molar-refractivity contribution is 7.99. The van der Waals surface area contributed by atoms with E-state index in [0.717, 1.165) is 30.4 Å². The van der Waals surface area contributed by atoms with Crippen molar-refractivity contribution in [1.82, 2.24) is 9.55 Å². The highest BCUT2D eigenvalue weighted by atomic mass is 35.5. The maximum Gasteiger partial charge on any atom is 0.262 e. The first kappa shape index (κ1) is 14.9. The maximum absolute atomic E-state index is 12.7. The number of benzene rings is 1. The fourth-order valence-electron chi connectivity index (χ4n) is 2.57. The summed E-state index contributed by atoms with van der Waals surface area (Å²) in [5.74, 6) is 0.865. The van der Waals surface area contributed by atoms with Crippen LogP contribution in [0.25, 0.3) is 10.9 Å². The van der Waals surface area contributed by atoms with Crippen LogP contribution in [0.1, 0.15) is 19.8 Å². The molecule has 1 fully saturated rings. The van der Waals surface area contributed by atoms with E-state index in [-0.39, 0.29) is 11.7 Å². The predicted octanol–water partition coefficient (Wildman–Crippen LogP) is 3.34. The van der Waals surface area contributed by atoms with Crippen molar-refractivity contribution >= 4 is 34.3 Å². The first-order valence-corrected chi connectivity index (χ1v) is 8.50. The van der Waals surface area contributed by atoms with E-state index in [4.69, 9.17) is 16.3 Å². The van der Waals surface area contributed by atoms with Gasteiger partial charge in [0.25, 0.3) is 5.56 Å². The molecular formula is C15H17ClN2O2S. The first-order valence-electron chi connectivity index (χ1n) is 7.13. The Morgan fingerprint density at radius 3 is 3.10 bits per heavy atom. The molecule has 1 aromatic carbocycles. The van der Waals surface area contributed by atoms with Gasteiger partial charge < -0.3 is 4.74 Å². The standard InChI is InChI=1S/C15H17ClN2O2S/c1-2-21-15-17-13-8-10(16)5-6-12(13)14(19)18(15)9-11-4-3-7-20-11/h5-6,8,11H,2-4,7,9H2,1H3/t11-/m0/s1. The van der Waals surface area contributed by atoms with Gasteiger partial charge in [0.05, 0.1) is 23.6 Å². The molecule has 1 aliphatic heterocycles. The molecule has 1 aliphatic rings. The summed E-state index contributed by atoms with van der Waals surface area (Å²) in [5.41, 5.74) is 0.648. The predicted molar refractivity (Wildman–Crippen MR) is 86.4 cm³/mol. The number of rotatable bonds is 4. The molecule has 1 saturated heterocycles. The fraction of sp³-hybridized carbons (Fsp3) is 0.467. The minimum absolute atomic E-state index is 0.0110. The van der Waals surface area contributed by atoms with Crippen LogP contribution in [0, 0.1) is 0 Å². The number of thioether (sulfide) groups is 1. The Kier molecular flexibility index (Phi) is 4.52. The van der Waals surface area contributed by atoms with Gasteiger partial charge >= 0.3 is 0 Å². The Balaban J connectivity index is 2.10. The summed E-state index contributed by atoms with van der Waals surface area (Å²) in [7, 11) is 0. The molecule has 4 nitrogen and oxygen atoms in total. The minimum atomic E-state index is -0.0110. The van der Waals surface area contributed by atoms with Crippen LogP contribution in [0.5, 0.6) is 0 Å². The molecule has 0 bridgehead atoms. The monoisotopic (exact) mass is 324 g/mol. The summed E-state index contributed by atoms with van der Waals surface area (Å²) in [6.07, 6.45) is 2.18. The van der Waals surface area contributed by atoms with E-state index in [0.29, 0.717) is 22.5 Å². The van der Waals surface area contributed by atoms with Crippen molar-refractivity contribution in [3.63, 3.8) is 0 Å². The van der Waals surface area contributed by atoms with E-state index in [9.17, 15) is 4.79 Å². The van der Waals surface area contributed by atoms with E-state index < -0.39 is 0 Å². The van der Waals surface area contributed by atoms with E-state index in [1.54, 1.807) is 34.5 Å². The number of halogens is 1. The number of hydrogen-bond donors (Lipinski definition) is 0. The van der Waals surface area contributed by atoms with Crippen LogP contribution in [0.4, 0.5) is 0 Å². The summed E-state index contributed by atoms with van der Waals surface area (Å²) in [6, 6.07) is 5.23. The topological polar surface area (TPSA) is 44.1 Å². The molecule has 21 heavy (non-hydrogen) atoms. The molecule has 0 saturated carbocycles. The number of ether oxygens (including phenoxy) is 1. The van der Waals surface area contributed by atoms with Crippen LogP contribution < -0.4 is 5.56 Å². The Morgan fingerprint density at radius 1 is 1.52 bits per heavy atom. The van der Waals surface area contributed by atoms with Gasteiger partial charge in [0.1, 0.15) is 0 Å². The molecule has 0 unspecified atom stereocenters. The van der Waals surface area contributed by atoms with Gasteiger partial charge in [-0.2, -0.15) is 0 Å². The van der Waals surface area contributed by atoms with Gasteiger partial charge in [0.2, 0.25) is 0 Å². The Bertz CT molecular complexity index is 711. The summed E-state index contributed by atoms with van der Waals surface area (Å²) >= 11 is 7.58. The molecular weight excluding hydrogens is 308 g/mol. The van der Waals surface area contributed by atoms with Gasteiger partial charge in [-0.05, 0) is 36.8 Å². The lowest BCUT2D eigenvalue weighted by Crippen LogP contribution is -2.28. The number of nitrogens with zero attached hydrogens (tertiary/aromatic N) is 2. The second kappa shape index (κ2) is 6.38. The van der Waals surface area contributed by atoms with Crippen molar-refractivity contribution in [2.75, 3.05) is 12.4 Å². The molecule has 3 rings (SSSR count). The SMILES string of the molecule is CCSc1nc2cc(Cl)ccc2c(=O)n1C[C@@H]1CCCO1. The Morgan fingerprint density at radius 2 is 2.38 bits per heavy atom. The summed E-state index contributed by atoms with van der Waals surface area (Å²) < 4.78 is 7.41. The highest BCUT2D eigenvalue weighted by Crippen LogP contribution is 2.22. The van der Waals surface area contributed by atoms with Crippen molar-refractivity contribution < 1.29 is 4.74 Å². The average molecular weight is 325 g/mol. The van der Waals surface area contributed by atoms with Crippen LogP contribution in [-0.2, 0) is 11.3 Å². The molecule has 2 aromatic rings. The molecule has 1 atom stereocenters. The van der Waals surface area contributed by atoms with Crippen molar-refractivity contribution in [3.8, 4) is 0 Å². The molecule has 2 heterocycles. The van der Waals surface area contributed by atoms with Gasteiger partial charge in [-0.25, -0.2) is 4.98 Å². The van der Waals surface area contributed by atoms with Crippen molar-refractivity contribution in [2.45, 2.75) is 37.6 Å². The quantitative estimate of drug-likeness (QED) is 0.639. The lowest BCUT2D eigenvalue weighted by molar-refractivity contribution is 0.0937. The third-order valence-corrected chi connectivity index (χ3v) is 4.66. The van der Waals surface area contributed by atoms with Crippen LogP contribution in [0.15, 0.2) is 28.2 Å². The smallest absolute Gasteiger partial charge is 0.262 e. The van der Waals surface area contributed by atoms with E-state index in [1.807, 2.05) is 0 Å². The van der Waals surface area contributed by atoms with Crippen molar-refractivity contribution in [3.05, 3.63) is 33.6 Å². The Labute approximate surface area is 132 Å². The van der Waals surface area contributed by atoms with Gasteiger partial charge in [0, 0.05) is 11.6 Å². The molecule has 0 spiro atoms. The van der Waals surface area contributed by atoms with Gasteiger partial charge in [-0.15, -0.1) is 0 Å². The molecule has 0 aliphatic carbocycles. The normalized spacial score (nSPS) is 18.5. The fourth-order valence-corrected chi connectivity index (χ4v) is 3.47. The molecule has 112 valence electrons. The van der Waals surface area contributed by atoms with Crippen molar-refractivity contribution in [2.24, 2.45) is 0 Å². The molecule has 0 radical (unpaired) electrons. The number of fused-ring (bicyclic) bond motifs is 1. The largest absolute Gasteiger partial charge is 0.376 e. The zero-order chi connectivity index (χ0) is 14.8. The van der Waals surface area contributed by atoms with Crippen LogP contribution in [0.2, 0.25) is 5.02 Å². The van der Waals surface area contributed by atoms with Gasteiger partial charge in [0.15, 0.2) is 5.16 Å². The summed E-state index contributed by atoms with van der Waals surface area (Å²) in [5, 5.41) is 1.95. The van der Waals surface area contributed by atoms with Gasteiger partial charge in [-0.1, -0.05) is 30.3 Å². The summed E-state index contributed by atoms with van der Waals surface area (Å²) in [4.78, 5) is 17.3. The highest BCUT2D eigenvalue weighted by Gasteiger charge is 2.20. The summed E-state index contributed by atoms with van der Waals surface area (Å²) in [6.45, 7) is 3.41. The third kappa shape index (κ3) is 3.10. The lowest BCUT2D eigenvalue weighted by atomic mass is 10.2. The molecule has 0 N–H and O–H groups in total. The van der Waals surface area contributed by atoms with E-state index >= 15 is 0 Å². The van der Waals surface area contributed by atoms with E-state index in [2.05, 4.69) is 11.9 Å². The average Bonchev–Trinajstić information content (AvgIpc) is 2.96. The van der Waals surface area contributed by atoms with Crippen LogP contribution in [0.3, 0.4) is 0 Å². The zero-order valence-electron chi connectivity index (χ0n) is 11.8. The molecule has 6 heteroatoms. The Hall–Kier alpha value is -1.04. The zero-order valence-corrected chi connectivity index (χ0v) is 13.4. The second-order valence-electron chi connectivity index (χ2n) is 5.04. The molecule has 1 aromatic heterocycles. The second-order valence-corrected chi connectivity index (χ2v) is 6.71. The lowest BCUT2D eigenvalue weighted by Gasteiger charge is -2.16.